The van der Waals surface area contributed by atoms with E-state index in [9.17, 15) is 0 Å². The third kappa shape index (κ3) is 3.98. The van der Waals surface area contributed by atoms with Crippen LogP contribution in [0.1, 0.15) is 30.6 Å². The average molecular weight is 312 g/mol. The van der Waals surface area contributed by atoms with Crippen molar-refractivity contribution in [2.75, 3.05) is 6.54 Å². The molecule has 0 aliphatic carbocycles. The standard InChI is InChI=1S/C15H19Cl2N3/c1-3-7-18-15(10-12-6-8-20(2)19-12)13-5-4-11(16)9-14(13)17/h4-6,8-9,15,18H,3,7,10H2,1-2H3. The van der Waals surface area contributed by atoms with Crippen LogP contribution in [0.25, 0.3) is 0 Å². The van der Waals surface area contributed by atoms with Crippen LogP contribution in [0.5, 0.6) is 0 Å². The Morgan fingerprint density at radius 1 is 1.30 bits per heavy atom. The molecule has 1 N–H and O–H groups in total. The minimum Gasteiger partial charge on any atom is -0.310 e. The molecule has 2 aromatic rings. The van der Waals surface area contributed by atoms with Crippen molar-refractivity contribution in [1.29, 1.82) is 0 Å². The first-order valence-electron chi connectivity index (χ1n) is 6.77. The Morgan fingerprint density at radius 2 is 2.10 bits per heavy atom. The summed E-state index contributed by atoms with van der Waals surface area (Å²) in [5.74, 6) is 0. The topological polar surface area (TPSA) is 29.9 Å². The first-order valence-corrected chi connectivity index (χ1v) is 7.52. The third-order valence-corrected chi connectivity index (χ3v) is 3.72. The Bertz CT molecular complexity index is 566. The molecular formula is C15H19Cl2N3. The van der Waals surface area contributed by atoms with E-state index in [4.69, 9.17) is 23.2 Å². The van der Waals surface area contributed by atoms with E-state index in [0.717, 1.165) is 30.6 Å². The van der Waals surface area contributed by atoms with Crippen LogP contribution in [0.2, 0.25) is 10.0 Å². The smallest absolute Gasteiger partial charge is 0.0643 e. The van der Waals surface area contributed by atoms with Crippen LogP contribution in [0.15, 0.2) is 30.5 Å². The van der Waals surface area contributed by atoms with Gasteiger partial charge in [-0.3, -0.25) is 4.68 Å². The quantitative estimate of drug-likeness (QED) is 0.873. The van der Waals surface area contributed by atoms with Crippen LogP contribution >= 0.6 is 23.2 Å². The fourth-order valence-electron chi connectivity index (χ4n) is 2.18. The molecule has 1 aromatic heterocycles. The van der Waals surface area contributed by atoms with Gasteiger partial charge in [0.1, 0.15) is 0 Å². The van der Waals surface area contributed by atoms with E-state index < -0.39 is 0 Å². The van der Waals surface area contributed by atoms with E-state index in [2.05, 4.69) is 17.3 Å². The van der Waals surface area contributed by atoms with Crippen LogP contribution < -0.4 is 5.32 Å². The van der Waals surface area contributed by atoms with Crippen molar-refractivity contribution < 1.29 is 0 Å². The molecule has 0 amide bonds. The van der Waals surface area contributed by atoms with Crippen LogP contribution in [0, 0.1) is 0 Å². The number of nitrogens with zero attached hydrogens (tertiary/aromatic N) is 2. The molecule has 20 heavy (non-hydrogen) atoms. The molecule has 0 spiro atoms. The Kier molecular flexibility index (Phi) is 5.46. The van der Waals surface area contributed by atoms with Gasteiger partial charge in [0.05, 0.1) is 5.69 Å². The van der Waals surface area contributed by atoms with Crippen molar-refractivity contribution in [2.45, 2.75) is 25.8 Å². The fourth-order valence-corrected chi connectivity index (χ4v) is 2.72. The highest BCUT2D eigenvalue weighted by atomic mass is 35.5. The largest absolute Gasteiger partial charge is 0.310 e. The first kappa shape index (κ1) is 15.4. The summed E-state index contributed by atoms with van der Waals surface area (Å²) in [6.07, 6.45) is 3.84. The number of nitrogens with one attached hydrogen (secondary N) is 1. The molecular weight excluding hydrogens is 293 g/mol. The summed E-state index contributed by atoms with van der Waals surface area (Å²) in [6, 6.07) is 7.83. The molecule has 1 aromatic carbocycles. The highest BCUT2D eigenvalue weighted by Crippen LogP contribution is 2.28. The van der Waals surface area contributed by atoms with Crippen LogP contribution in [-0.2, 0) is 13.5 Å². The predicted molar refractivity (Wildman–Crippen MR) is 84.4 cm³/mol. The lowest BCUT2D eigenvalue weighted by Gasteiger charge is -2.19. The van der Waals surface area contributed by atoms with Crippen molar-refractivity contribution in [3.05, 3.63) is 51.8 Å². The van der Waals surface area contributed by atoms with Crippen molar-refractivity contribution in [2.24, 2.45) is 7.05 Å². The fraction of sp³-hybridized carbons (Fsp3) is 0.400. The molecule has 0 saturated heterocycles. The number of rotatable bonds is 6. The molecule has 0 saturated carbocycles. The summed E-state index contributed by atoms with van der Waals surface area (Å²) in [7, 11) is 1.92. The molecule has 1 unspecified atom stereocenters. The molecule has 0 aliphatic heterocycles. The van der Waals surface area contributed by atoms with Gasteiger partial charge in [0, 0.05) is 35.8 Å². The highest BCUT2D eigenvalue weighted by molar-refractivity contribution is 6.35. The average Bonchev–Trinajstić information content (AvgIpc) is 2.80. The Labute approximate surface area is 129 Å². The molecule has 5 heteroatoms. The number of halogens is 2. The molecule has 0 radical (unpaired) electrons. The molecule has 3 nitrogen and oxygen atoms in total. The molecule has 0 fully saturated rings. The maximum absolute atomic E-state index is 6.32. The van der Waals surface area contributed by atoms with Crippen molar-refractivity contribution in [1.82, 2.24) is 15.1 Å². The van der Waals surface area contributed by atoms with Crippen molar-refractivity contribution in [3.8, 4) is 0 Å². The summed E-state index contributed by atoms with van der Waals surface area (Å²) in [5, 5.41) is 9.32. The maximum atomic E-state index is 6.32. The maximum Gasteiger partial charge on any atom is 0.0643 e. The van der Waals surface area contributed by atoms with Crippen LogP contribution in [-0.4, -0.2) is 16.3 Å². The van der Waals surface area contributed by atoms with Gasteiger partial charge in [0.15, 0.2) is 0 Å². The molecule has 0 aliphatic rings. The zero-order valence-corrected chi connectivity index (χ0v) is 13.2. The highest BCUT2D eigenvalue weighted by Gasteiger charge is 2.16. The normalized spacial score (nSPS) is 12.6. The third-order valence-electron chi connectivity index (χ3n) is 3.16. The van der Waals surface area contributed by atoms with E-state index in [1.165, 1.54) is 0 Å². The van der Waals surface area contributed by atoms with E-state index in [0.29, 0.717) is 10.0 Å². The van der Waals surface area contributed by atoms with Crippen molar-refractivity contribution >= 4 is 23.2 Å². The molecule has 0 bridgehead atoms. The zero-order valence-electron chi connectivity index (χ0n) is 11.7. The lowest BCUT2D eigenvalue weighted by molar-refractivity contribution is 0.521. The second kappa shape index (κ2) is 7.11. The molecule has 108 valence electrons. The molecule has 1 atom stereocenters. The summed E-state index contributed by atoms with van der Waals surface area (Å²) >= 11 is 12.3. The van der Waals surface area contributed by atoms with Crippen molar-refractivity contribution in [3.63, 3.8) is 0 Å². The Hall–Kier alpha value is -1.03. The Balaban J connectivity index is 2.22. The molecule has 2 rings (SSSR count). The summed E-state index contributed by atoms with van der Waals surface area (Å²) in [4.78, 5) is 0. The van der Waals surface area contributed by atoms with Crippen LogP contribution in [0.3, 0.4) is 0 Å². The first-order chi connectivity index (χ1) is 9.60. The van der Waals surface area contributed by atoms with E-state index in [-0.39, 0.29) is 6.04 Å². The number of hydrogen-bond donors (Lipinski definition) is 1. The second-order valence-corrected chi connectivity index (χ2v) is 5.70. The van der Waals surface area contributed by atoms with Gasteiger partial charge in [0.25, 0.3) is 0 Å². The van der Waals surface area contributed by atoms with Gasteiger partial charge >= 0.3 is 0 Å². The lowest BCUT2D eigenvalue weighted by Crippen LogP contribution is -2.24. The number of aryl methyl sites for hydroxylation is 1. The summed E-state index contributed by atoms with van der Waals surface area (Å²) in [6.45, 7) is 3.09. The van der Waals surface area contributed by atoms with E-state index >= 15 is 0 Å². The molecule has 1 heterocycles. The minimum absolute atomic E-state index is 0.148. The predicted octanol–water partition coefficient (Wildman–Crippen LogP) is 4.01. The van der Waals surface area contributed by atoms with Gasteiger partial charge in [-0.05, 0) is 36.7 Å². The number of hydrogen-bond acceptors (Lipinski definition) is 2. The summed E-state index contributed by atoms with van der Waals surface area (Å²) in [5.41, 5.74) is 2.11. The monoisotopic (exact) mass is 311 g/mol. The van der Waals surface area contributed by atoms with Gasteiger partial charge < -0.3 is 5.32 Å². The van der Waals surface area contributed by atoms with E-state index in [1.54, 1.807) is 6.07 Å². The van der Waals surface area contributed by atoms with Gasteiger partial charge in [0.2, 0.25) is 0 Å². The van der Waals surface area contributed by atoms with Gasteiger partial charge in [-0.1, -0.05) is 36.2 Å². The van der Waals surface area contributed by atoms with Gasteiger partial charge in [-0.2, -0.15) is 5.10 Å². The van der Waals surface area contributed by atoms with Gasteiger partial charge in [-0.25, -0.2) is 0 Å². The minimum atomic E-state index is 0.148. The zero-order chi connectivity index (χ0) is 14.5. The second-order valence-electron chi connectivity index (χ2n) is 4.86. The SMILES string of the molecule is CCCNC(Cc1ccn(C)n1)c1ccc(Cl)cc1Cl. The number of benzene rings is 1. The Morgan fingerprint density at radius 3 is 2.70 bits per heavy atom. The van der Waals surface area contributed by atoms with Crippen LogP contribution in [0.4, 0.5) is 0 Å². The summed E-state index contributed by atoms with van der Waals surface area (Å²) < 4.78 is 1.82. The van der Waals surface area contributed by atoms with Gasteiger partial charge in [-0.15, -0.1) is 0 Å². The number of aromatic nitrogens is 2. The lowest BCUT2D eigenvalue weighted by atomic mass is 10.0. The van der Waals surface area contributed by atoms with E-state index in [1.807, 2.05) is 36.1 Å².